The van der Waals surface area contributed by atoms with Gasteiger partial charge in [-0.05, 0) is 83.0 Å². The first-order valence-corrected chi connectivity index (χ1v) is 30.2. The topological polar surface area (TPSA) is 121 Å². The Bertz CT molecular complexity index is 915. The molecule has 0 aromatic heterocycles. The van der Waals surface area contributed by atoms with E-state index in [1.54, 1.807) is 0 Å². The van der Waals surface area contributed by atoms with Crippen LogP contribution in [0.2, 0.25) is 0 Å². The van der Waals surface area contributed by atoms with Gasteiger partial charge in [-0.25, -0.2) is 0 Å². The summed E-state index contributed by atoms with van der Waals surface area (Å²) in [5.41, 5.74) is 0.115. The van der Waals surface area contributed by atoms with Crippen molar-refractivity contribution in [2.75, 3.05) is 26.4 Å². The third-order valence-corrected chi connectivity index (χ3v) is 16.0. The minimum atomic E-state index is -0.237. The maximum absolute atomic E-state index is 13.1. The number of aliphatic hydroxyl groups excluding tert-OH is 6. The van der Waals surface area contributed by atoms with Gasteiger partial charge in [0.1, 0.15) is 0 Å². The van der Waals surface area contributed by atoms with Gasteiger partial charge in [0, 0.05) is 31.8 Å². The van der Waals surface area contributed by atoms with Gasteiger partial charge in [-0.15, -0.1) is 0 Å². The molecule has 6 N–H and O–H groups in total. The molecule has 0 amide bonds. The molecule has 4 atom stereocenters. The van der Waals surface area contributed by atoms with Crippen LogP contribution in [0.25, 0.3) is 0 Å². The Kier molecular flexibility index (Phi) is 50.9. The summed E-state index contributed by atoms with van der Waals surface area (Å²) < 4.78 is 0. The third-order valence-electron chi connectivity index (χ3n) is 16.0. The highest BCUT2D eigenvalue weighted by Gasteiger charge is 2.52. The van der Waals surface area contributed by atoms with Crippen molar-refractivity contribution in [3.05, 3.63) is 0 Å². The summed E-state index contributed by atoms with van der Waals surface area (Å²) in [6, 6.07) is 0. The smallest absolute Gasteiger partial charge is 0.0601 e. The van der Waals surface area contributed by atoms with Crippen molar-refractivity contribution in [2.24, 2.45) is 10.8 Å². The monoisotopic (exact) mass is 939 g/mol. The number of aliphatic hydroxyl groups is 6. The van der Waals surface area contributed by atoms with Gasteiger partial charge < -0.3 is 30.6 Å². The molecular weight excluding hydrogens is 817 g/mol. The van der Waals surface area contributed by atoms with Crippen molar-refractivity contribution in [3.8, 4) is 0 Å². The van der Waals surface area contributed by atoms with Gasteiger partial charge in [-0.3, -0.25) is 0 Å². The molecule has 66 heavy (non-hydrogen) atoms. The van der Waals surface area contributed by atoms with Crippen LogP contribution in [-0.4, -0.2) is 69.3 Å². The van der Waals surface area contributed by atoms with E-state index in [9.17, 15) is 25.5 Å². The third kappa shape index (κ3) is 37.6. The van der Waals surface area contributed by atoms with E-state index in [1.807, 2.05) is 6.92 Å². The molecule has 0 saturated carbocycles. The van der Waals surface area contributed by atoms with Crippen molar-refractivity contribution in [1.29, 1.82) is 0 Å². The molecule has 0 aromatic carbocycles. The zero-order valence-corrected chi connectivity index (χ0v) is 45.0. The van der Waals surface area contributed by atoms with Gasteiger partial charge in [0.05, 0.1) is 12.2 Å². The number of unbranched alkanes of at least 4 members (excludes halogenated alkanes) is 37. The van der Waals surface area contributed by atoms with Gasteiger partial charge in [0.25, 0.3) is 0 Å². The van der Waals surface area contributed by atoms with Crippen LogP contribution in [0, 0.1) is 10.8 Å². The normalized spacial score (nSPS) is 14.7. The standard InChI is InChI=1S/C60H122O6/c1-3-4-35-47-58(66)60(52-41-30-19-11-14-23-33-44-55-63,51-40-29-18-8-5-6-12-21-31-42-53-61)59(50-39-28-20-24-34-45-56-64,49-38-27-17-10-13-22-32-43-54-62)48-37-26-16-9-7-15-25-36-46-57(2)65/h57-58,61-66H,3-56H2,1-2H3. The van der Waals surface area contributed by atoms with Crippen LogP contribution in [0.4, 0.5) is 0 Å². The lowest BCUT2D eigenvalue weighted by atomic mass is 9.50. The summed E-state index contributed by atoms with van der Waals surface area (Å²) >= 11 is 0. The van der Waals surface area contributed by atoms with Crippen LogP contribution in [0.15, 0.2) is 0 Å². The van der Waals surface area contributed by atoms with Gasteiger partial charge in [-0.1, -0.05) is 257 Å². The fourth-order valence-electron chi connectivity index (χ4n) is 11.8. The zero-order chi connectivity index (χ0) is 48.3. The average molecular weight is 940 g/mol. The lowest BCUT2D eigenvalue weighted by Gasteiger charge is -2.55. The van der Waals surface area contributed by atoms with E-state index >= 15 is 0 Å². The van der Waals surface area contributed by atoms with Gasteiger partial charge in [0.2, 0.25) is 0 Å². The molecule has 0 aliphatic rings. The molecule has 0 fully saturated rings. The summed E-state index contributed by atoms with van der Waals surface area (Å²) in [5.74, 6) is 0. The van der Waals surface area contributed by atoms with Gasteiger partial charge >= 0.3 is 0 Å². The van der Waals surface area contributed by atoms with Crippen LogP contribution in [0.3, 0.4) is 0 Å². The zero-order valence-electron chi connectivity index (χ0n) is 45.0. The Hall–Kier alpha value is -0.240. The molecule has 4 unspecified atom stereocenters. The molecule has 0 saturated heterocycles. The quantitative estimate of drug-likeness (QED) is 0.0338. The highest BCUT2D eigenvalue weighted by Crippen LogP contribution is 2.59. The number of hydrogen-bond acceptors (Lipinski definition) is 6. The Labute approximate surface area is 413 Å². The van der Waals surface area contributed by atoms with Crippen LogP contribution in [0.1, 0.15) is 335 Å². The Balaban J connectivity index is 6.66. The minimum Gasteiger partial charge on any atom is -0.396 e. The molecule has 6 heteroatoms. The van der Waals surface area contributed by atoms with E-state index in [0.29, 0.717) is 26.4 Å². The second kappa shape index (κ2) is 51.1. The molecule has 0 heterocycles. The largest absolute Gasteiger partial charge is 0.396 e. The van der Waals surface area contributed by atoms with E-state index in [2.05, 4.69) is 6.92 Å². The van der Waals surface area contributed by atoms with Crippen LogP contribution in [-0.2, 0) is 0 Å². The maximum Gasteiger partial charge on any atom is 0.0601 e. The second-order valence-electron chi connectivity index (χ2n) is 21.9. The molecule has 0 aliphatic heterocycles. The summed E-state index contributed by atoms with van der Waals surface area (Å²) in [5, 5.41) is 60.0. The van der Waals surface area contributed by atoms with Crippen molar-refractivity contribution in [2.45, 2.75) is 347 Å². The molecule has 0 spiro atoms. The average Bonchev–Trinajstić information content (AvgIpc) is 3.31. The molecule has 6 nitrogen and oxygen atoms in total. The van der Waals surface area contributed by atoms with Crippen molar-refractivity contribution >= 4 is 0 Å². The predicted octanol–water partition coefficient (Wildman–Crippen LogP) is 17.2. The first kappa shape index (κ1) is 65.8. The fraction of sp³-hybridized carbons (Fsp3) is 1.00. The number of hydrogen-bond donors (Lipinski definition) is 6. The van der Waals surface area contributed by atoms with Crippen LogP contribution in [0.5, 0.6) is 0 Å². The Morgan fingerprint density at radius 3 is 0.758 bits per heavy atom. The van der Waals surface area contributed by atoms with E-state index in [4.69, 9.17) is 5.11 Å². The Morgan fingerprint density at radius 2 is 0.500 bits per heavy atom. The van der Waals surface area contributed by atoms with Crippen molar-refractivity contribution in [3.63, 3.8) is 0 Å². The SMILES string of the molecule is CCCCCC(O)C(CCCCCCCCCCO)(CCCCCCCCCCCCO)C(CCCCCCCCO)(CCCCCCCCCCO)CCCCCCCCCCC(C)O. The first-order valence-electron chi connectivity index (χ1n) is 30.2. The summed E-state index contributed by atoms with van der Waals surface area (Å²) in [7, 11) is 0. The highest BCUT2D eigenvalue weighted by molar-refractivity contribution is 5.02. The molecular formula is C60H122O6. The highest BCUT2D eigenvalue weighted by atomic mass is 16.3. The van der Waals surface area contributed by atoms with Crippen molar-refractivity contribution < 1.29 is 30.6 Å². The summed E-state index contributed by atoms with van der Waals surface area (Å²) in [4.78, 5) is 0. The van der Waals surface area contributed by atoms with Crippen LogP contribution < -0.4 is 0 Å². The first-order chi connectivity index (χ1) is 32.4. The van der Waals surface area contributed by atoms with Crippen LogP contribution >= 0.6 is 0 Å². The molecule has 0 radical (unpaired) electrons. The molecule has 0 bridgehead atoms. The van der Waals surface area contributed by atoms with Crippen molar-refractivity contribution in [1.82, 2.24) is 0 Å². The van der Waals surface area contributed by atoms with Gasteiger partial charge in [0.15, 0.2) is 0 Å². The lowest BCUT2D eigenvalue weighted by Crippen LogP contribution is -2.50. The van der Waals surface area contributed by atoms with E-state index in [1.165, 1.54) is 244 Å². The maximum atomic E-state index is 13.1. The minimum absolute atomic E-state index is 0.0421. The van der Waals surface area contributed by atoms with E-state index < -0.39 is 0 Å². The number of rotatable bonds is 57. The van der Waals surface area contributed by atoms with E-state index in [0.717, 1.165) is 77.0 Å². The second-order valence-corrected chi connectivity index (χ2v) is 21.9. The Morgan fingerprint density at radius 1 is 0.273 bits per heavy atom. The summed E-state index contributed by atoms with van der Waals surface area (Å²) in [6.45, 7) is 5.50. The summed E-state index contributed by atoms with van der Waals surface area (Å²) in [6.07, 6.45) is 60.5. The molecule has 0 aromatic rings. The fourth-order valence-corrected chi connectivity index (χ4v) is 11.8. The molecule has 398 valence electrons. The lowest BCUT2D eigenvalue weighted by molar-refractivity contribution is -0.115. The van der Waals surface area contributed by atoms with E-state index in [-0.39, 0.29) is 23.0 Å². The predicted molar refractivity (Wildman–Crippen MR) is 287 cm³/mol. The molecule has 0 rings (SSSR count). The van der Waals surface area contributed by atoms with Gasteiger partial charge in [-0.2, -0.15) is 0 Å². The molecule has 0 aliphatic carbocycles.